The minimum Gasteiger partial charge on any atom is -0.369 e. The van der Waals surface area contributed by atoms with Crippen molar-refractivity contribution in [1.82, 2.24) is 19.5 Å². The highest BCUT2D eigenvalue weighted by Crippen LogP contribution is 2.29. The number of halogens is 2. The lowest BCUT2D eigenvalue weighted by Crippen LogP contribution is -2.01. The van der Waals surface area contributed by atoms with Crippen molar-refractivity contribution in [3.8, 4) is 5.69 Å². The van der Waals surface area contributed by atoms with E-state index in [2.05, 4.69) is 15.0 Å². The molecule has 0 fully saturated rings. The molecule has 0 saturated carbocycles. The Morgan fingerprint density at radius 3 is 2.67 bits per heavy atom. The Morgan fingerprint density at radius 2 is 1.89 bits per heavy atom. The number of benzene rings is 1. The third kappa shape index (κ3) is 1.60. The Balaban J connectivity index is 2.43. The molecule has 2 heterocycles. The van der Waals surface area contributed by atoms with E-state index in [9.17, 15) is 0 Å². The van der Waals surface area contributed by atoms with E-state index in [1.54, 1.807) is 10.6 Å². The molecule has 2 aromatic heterocycles. The molecule has 5 nitrogen and oxygen atoms in total. The fourth-order valence-electron chi connectivity index (χ4n) is 1.77. The van der Waals surface area contributed by atoms with Crippen LogP contribution < -0.4 is 5.73 Å². The van der Waals surface area contributed by atoms with Gasteiger partial charge in [-0.2, -0.15) is 4.98 Å². The van der Waals surface area contributed by atoms with Crippen LogP contribution in [0.4, 0.5) is 5.95 Å². The van der Waals surface area contributed by atoms with Crippen molar-refractivity contribution in [2.45, 2.75) is 0 Å². The third-order valence-corrected chi connectivity index (χ3v) is 3.12. The molecule has 0 aliphatic rings. The van der Waals surface area contributed by atoms with Gasteiger partial charge in [-0.1, -0.05) is 35.3 Å². The molecule has 2 N–H and O–H groups in total. The summed E-state index contributed by atoms with van der Waals surface area (Å²) >= 11 is 12.2. The lowest BCUT2D eigenvalue weighted by atomic mass is 10.3. The molecule has 7 heteroatoms. The van der Waals surface area contributed by atoms with Crippen LogP contribution in [-0.4, -0.2) is 19.5 Å². The summed E-state index contributed by atoms with van der Waals surface area (Å²) in [7, 11) is 0. The van der Waals surface area contributed by atoms with Crippen LogP contribution in [0.5, 0.6) is 0 Å². The van der Waals surface area contributed by atoms with Gasteiger partial charge in [0, 0.05) is 0 Å². The van der Waals surface area contributed by atoms with E-state index in [4.69, 9.17) is 28.9 Å². The number of rotatable bonds is 1. The second-order valence-electron chi connectivity index (χ2n) is 3.59. The molecule has 3 rings (SSSR count). The van der Waals surface area contributed by atoms with Gasteiger partial charge in [-0.3, -0.25) is 4.57 Å². The van der Waals surface area contributed by atoms with E-state index < -0.39 is 0 Å². The highest BCUT2D eigenvalue weighted by molar-refractivity contribution is 6.34. The van der Waals surface area contributed by atoms with Gasteiger partial charge in [0.05, 0.1) is 10.7 Å². The predicted molar refractivity (Wildman–Crippen MR) is 71.1 cm³/mol. The maximum atomic E-state index is 6.15. The Kier molecular flexibility index (Phi) is 2.57. The summed E-state index contributed by atoms with van der Waals surface area (Å²) in [5.41, 5.74) is 7.56. The monoisotopic (exact) mass is 279 g/mol. The van der Waals surface area contributed by atoms with Crippen LogP contribution in [0, 0.1) is 0 Å². The molecule has 0 aliphatic heterocycles. The molecule has 90 valence electrons. The van der Waals surface area contributed by atoms with Crippen LogP contribution in [0.1, 0.15) is 0 Å². The summed E-state index contributed by atoms with van der Waals surface area (Å²) < 4.78 is 1.64. The quantitative estimate of drug-likeness (QED) is 0.696. The van der Waals surface area contributed by atoms with Crippen molar-refractivity contribution in [1.29, 1.82) is 0 Å². The number of aromatic nitrogens is 4. The molecule has 0 bridgehead atoms. The van der Waals surface area contributed by atoms with E-state index >= 15 is 0 Å². The average Bonchev–Trinajstić information content (AvgIpc) is 2.68. The van der Waals surface area contributed by atoms with E-state index in [0.29, 0.717) is 21.9 Å². The van der Waals surface area contributed by atoms with E-state index in [1.165, 1.54) is 6.33 Å². The smallest absolute Gasteiger partial charge is 0.207 e. The molecule has 0 radical (unpaired) electrons. The first-order chi connectivity index (χ1) is 8.68. The summed E-state index contributed by atoms with van der Waals surface area (Å²) in [5, 5.41) is 0.826. The standard InChI is InChI=1S/C11H7Cl2N5/c12-6-3-1-2-4-7(6)18-8-9(13)15-5-16-10(8)17-11(18)14/h1-5H,(H2,14,15,16,17). The number of nitrogens with zero attached hydrogens (tertiary/aromatic N) is 4. The van der Waals surface area contributed by atoms with E-state index in [1.807, 2.05) is 18.2 Å². The predicted octanol–water partition coefficient (Wildman–Crippen LogP) is 2.70. The maximum absolute atomic E-state index is 6.15. The van der Waals surface area contributed by atoms with Crippen molar-refractivity contribution in [3.63, 3.8) is 0 Å². The van der Waals surface area contributed by atoms with Gasteiger partial charge >= 0.3 is 0 Å². The molecule has 0 unspecified atom stereocenters. The van der Waals surface area contributed by atoms with Crippen molar-refractivity contribution in [3.05, 3.63) is 40.8 Å². The highest BCUT2D eigenvalue weighted by atomic mass is 35.5. The van der Waals surface area contributed by atoms with Crippen LogP contribution in [0.15, 0.2) is 30.6 Å². The van der Waals surface area contributed by atoms with Gasteiger partial charge in [0.1, 0.15) is 11.8 Å². The second-order valence-corrected chi connectivity index (χ2v) is 4.36. The SMILES string of the molecule is Nc1nc2ncnc(Cl)c2n1-c1ccccc1Cl. The first-order valence-electron chi connectivity index (χ1n) is 5.08. The molecule has 18 heavy (non-hydrogen) atoms. The number of para-hydroxylation sites is 1. The van der Waals surface area contributed by atoms with Crippen LogP contribution in [-0.2, 0) is 0 Å². The zero-order valence-electron chi connectivity index (χ0n) is 9.01. The summed E-state index contributed by atoms with van der Waals surface area (Å²) in [4.78, 5) is 12.1. The van der Waals surface area contributed by atoms with Gasteiger partial charge < -0.3 is 5.73 Å². The fourth-order valence-corrected chi connectivity index (χ4v) is 2.21. The summed E-state index contributed by atoms with van der Waals surface area (Å²) in [6.07, 6.45) is 1.34. The van der Waals surface area contributed by atoms with Gasteiger partial charge in [-0.25, -0.2) is 9.97 Å². The van der Waals surface area contributed by atoms with Crippen molar-refractivity contribution >= 4 is 40.3 Å². The Bertz CT molecular complexity index is 737. The zero-order valence-corrected chi connectivity index (χ0v) is 10.5. The molecule has 0 saturated heterocycles. The molecule has 0 aliphatic carbocycles. The van der Waals surface area contributed by atoms with Gasteiger partial charge in [0.25, 0.3) is 0 Å². The van der Waals surface area contributed by atoms with Crippen LogP contribution in [0.25, 0.3) is 16.9 Å². The van der Waals surface area contributed by atoms with Gasteiger partial charge in [-0.05, 0) is 12.1 Å². The summed E-state index contributed by atoms with van der Waals surface area (Å²) in [5.74, 6) is 0.264. The largest absolute Gasteiger partial charge is 0.369 e. The van der Waals surface area contributed by atoms with Gasteiger partial charge in [0.2, 0.25) is 5.95 Å². The number of hydrogen-bond acceptors (Lipinski definition) is 4. The first kappa shape index (κ1) is 11.3. The molecule has 3 aromatic rings. The minimum absolute atomic E-state index is 0.264. The molecule has 1 aromatic carbocycles. The van der Waals surface area contributed by atoms with E-state index in [-0.39, 0.29) is 11.1 Å². The fraction of sp³-hybridized carbons (Fsp3) is 0. The molecule has 0 spiro atoms. The van der Waals surface area contributed by atoms with E-state index in [0.717, 1.165) is 0 Å². The Labute approximate surface area is 112 Å². The number of nitrogen functional groups attached to an aromatic ring is 1. The van der Waals surface area contributed by atoms with Crippen molar-refractivity contribution < 1.29 is 0 Å². The third-order valence-electron chi connectivity index (χ3n) is 2.52. The van der Waals surface area contributed by atoms with Crippen LogP contribution in [0.3, 0.4) is 0 Å². The Morgan fingerprint density at radius 1 is 1.11 bits per heavy atom. The lowest BCUT2D eigenvalue weighted by Gasteiger charge is -2.08. The normalized spacial score (nSPS) is 11.0. The van der Waals surface area contributed by atoms with Crippen molar-refractivity contribution in [2.75, 3.05) is 5.73 Å². The molecule has 0 atom stereocenters. The topological polar surface area (TPSA) is 69.6 Å². The van der Waals surface area contributed by atoms with Crippen molar-refractivity contribution in [2.24, 2.45) is 0 Å². The highest BCUT2D eigenvalue weighted by Gasteiger charge is 2.16. The summed E-state index contributed by atoms with van der Waals surface area (Å²) in [6.45, 7) is 0. The average molecular weight is 280 g/mol. The number of nitrogens with two attached hydrogens (primary N) is 1. The zero-order chi connectivity index (χ0) is 12.7. The molecular formula is C11H7Cl2N5. The summed E-state index contributed by atoms with van der Waals surface area (Å²) in [6, 6.07) is 7.27. The van der Waals surface area contributed by atoms with Gasteiger partial charge in [0.15, 0.2) is 10.8 Å². The number of anilines is 1. The van der Waals surface area contributed by atoms with Crippen LogP contribution >= 0.6 is 23.2 Å². The molecular weight excluding hydrogens is 273 g/mol. The number of hydrogen-bond donors (Lipinski definition) is 1. The second kappa shape index (κ2) is 4.12. The molecule has 0 amide bonds. The number of fused-ring (bicyclic) bond motifs is 1. The van der Waals surface area contributed by atoms with Crippen LogP contribution in [0.2, 0.25) is 10.2 Å². The minimum atomic E-state index is 0.264. The maximum Gasteiger partial charge on any atom is 0.207 e. The number of imidazole rings is 1. The lowest BCUT2D eigenvalue weighted by molar-refractivity contribution is 1.10. The van der Waals surface area contributed by atoms with Gasteiger partial charge in [-0.15, -0.1) is 0 Å². The first-order valence-corrected chi connectivity index (χ1v) is 5.83. The Hall–Kier alpha value is -1.85.